The molecule has 0 spiro atoms. The van der Waals surface area contributed by atoms with Crippen LogP contribution in [0.1, 0.15) is 42.7 Å². The third-order valence-electron chi connectivity index (χ3n) is 4.21. The van der Waals surface area contributed by atoms with Gasteiger partial charge in [-0.05, 0) is 37.6 Å². The molecule has 5 N–H and O–H groups in total. The van der Waals surface area contributed by atoms with Crippen molar-refractivity contribution in [3.63, 3.8) is 0 Å². The SMILES string of the molecule is CCC[C@H](C)NC(=O)c1ccc(NCc2cnc3nc(N)[nH]c(=O)c3n2)cc1. The van der Waals surface area contributed by atoms with Gasteiger partial charge in [-0.3, -0.25) is 14.6 Å². The number of H-pyrrole nitrogens is 1. The van der Waals surface area contributed by atoms with E-state index in [9.17, 15) is 9.59 Å². The van der Waals surface area contributed by atoms with Gasteiger partial charge in [0.15, 0.2) is 11.2 Å². The number of hydrogen-bond donors (Lipinski definition) is 4. The Morgan fingerprint density at radius 1 is 1.25 bits per heavy atom. The number of benzene rings is 1. The Morgan fingerprint density at radius 3 is 2.71 bits per heavy atom. The largest absolute Gasteiger partial charge is 0.379 e. The predicted molar refractivity (Wildman–Crippen MR) is 108 cm³/mol. The van der Waals surface area contributed by atoms with E-state index in [0.29, 0.717) is 17.8 Å². The van der Waals surface area contributed by atoms with Crippen molar-refractivity contribution in [2.24, 2.45) is 0 Å². The fourth-order valence-corrected chi connectivity index (χ4v) is 2.80. The first kappa shape index (κ1) is 19.3. The molecular formula is C19H23N7O2. The summed E-state index contributed by atoms with van der Waals surface area (Å²) < 4.78 is 0. The number of nitrogens with two attached hydrogens (primary N) is 1. The molecule has 1 aromatic carbocycles. The molecule has 2 heterocycles. The Bertz CT molecular complexity index is 1030. The second-order valence-electron chi connectivity index (χ2n) is 6.58. The molecule has 1 atom stereocenters. The topological polar surface area (TPSA) is 139 Å². The van der Waals surface area contributed by atoms with Gasteiger partial charge in [0.2, 0.25) is 5.95 Å². The van der Waals surface area contributed by atoms with E-state index in [0.717, 1.165) is 18.5 Å². The van der Waals surface area contributed by atoms with Gasteiger partial charge in [0, 0.05) is 17.3 Å². The normalized spacial score (nSPS) is 11.9. The highest BCUT2D eigenvalue weighted by Crippen LogP contribution is 2.12. The second-order valence-corrected chi connectivity index (χ2v) is 6.58. The number of anilines is 2. The molecule has 3 aromatic rings. The van der Waals surface area contributed by atoms with Gasteiger partial charge in [0.05, 0.1) is 18.4 Å². The highest BCUT2D eigenvalue weighted by molar-refractivity contribution is 5.94. The number of amides is 1. The molecule has 0 fully saturated rings. The van der Waals surface area contributed by atoms with E-state index in [4.69, 9.17) is 5.73 Å². The van der Waals surface area contributed by atoms with Gasteiger partial charge in [-0.1, -0.05) is 13.3 Å². The number of aromatic nitrogens is 4. The third-order valence-corrected chi connectivity index (χ3v) is 4.21. The number of fused-ring (bicyclic) bond motifs is 1. The molecule has 9 nitrogen and oxygen atoms in total. The maximum atomic E-state index is 12.2. The van der Waals surface area contributed by atoms with E-state index in [1.807, 2.05) is 19.1 Å². The van der Waals surface area contributed by atoms with Crippen LogP contribution in [0.15, 0.2) is 35.3 Å². The number of nitrogens with one attached hydrogen (secondary N) is 3. The van der Waals surface area contributed by atoms with Gasteiger partial charge < -0.3 is 16.4 Å². The number of aromatic amines is 1. The van der Waals surface area contributed by atoms with Gasteiger partial charge >= 0.3 is 0 Å². The van der Waals surface area contributed by atoms with Crippen LogP contribution in [0.4, 0.5) is 11.6 Å². The van der Waals surface area contributed by atoms with E-state index < -0.39 is 5.56 Å². The lowest BCUT2D eigenvalue weighted by Gasteiger charge is -2.13. The lowest BCUT2D eigenvalue weighted by molar-refractivity contribution is 0.0938. The molecule has 146 valence electrons. The van der Waals surface area contributed by atoms with Crippen molar-refractivity contribution in [3.05, 3.63) is 52.1 Å². The summed E-state index contributed by atoms with van der Waals surface area (Å²) >= 11 is 0. The summed E-state index contributed by atoms with van der Waals surface area (Å²) in [6.07, 6.45) is 3.51. The summed E-state index contributed by atoms with van der Waals surface area (Å²) in [5.74, 6) is -0.0789. The summed E-state index contributed by atoms with van der Waals surface area (Å²) in [5.41, 5.74) is 7.43. The molecule has 0 radical (unpaired) electrons. The monoisotopic (exact) mass is 381 g/mol. The van der Waals surface area contributed by atoms with Crippen molar-refractivity contribution >= 4 is 28.7 Å². The van der Waals surface area contributed by atoms with E-state index in [1.165, 1.54) is 6.20 Å². The molecule has 2 aromatic heterocycles. The van der Waals surface area contributed by atoms with Crippen molar-refractivity contribution in [3.8, 4) is 0 Å². The van der Waals surface area contributed by atoms with Crippen LogP contribution in [0.2, 0.25) is 0 Å². The Morgan fingerprint density at radius 2 is 2.00 bits per heavy atom. The van der Waals surface area contributed by atoms with Crippen LogP contribution >= 0.6 is 0 Å². The maximum absolute atomic E-state index is 12.2. The first-order valence-corrected chi connectivity index (χ1v) is 9.12. The third kappa shape index (κ3) is 4.61. The fraction of sp³-hybridized carbons (Fsp3) is 0.316. The Labute approximate surface area is 161 Å². The first-order valence-electron chi connectivity index (χ1n) is 9.12. The molecule has 0 aliphatic heterocycles. The van der Waals surface area contributed by atoms with Crippen LogP contribution < -0.4 is 21.9 Å². The van der Waals surface area contributed by atoms with E-state index in [1.54, 1.807) is 12.1 Å². The van der Waals surface area contributed by atoms with Gasteiger partial charge in [-0.15, -0.1) is 0 Å². The number of nitrogen functional groups attached to an aromatic ring is 1. The van der Waals surface area contributed by atoms with Crippen LogP contribution in [0.25, 0.3) is 11.2 Å². The minimum absolute atomic E-state index is 0.00545. The molecule has 3 rings (SSSR count). The van der Waals surface area contributed by atoms with E-state index in [-0.39, 0.29) is 29.1 Å². The standard InChI is InChI=1S/C19H23N7O2/c1-3-4-11(2)23-17(27)12-5-7-13(8-6-12)21-9-14-10-22-16-15(24-14)18(28)26-19(20)25-16/h5-8,10-11,21H,3-4,9H2,1-2H3,(H,23,27)(H3,20,22,25,26,28)/t11-/m0/s1. The van der Waals surface area contributed by atoms with Crippen molar-refractivity contribution in [2.75, 3.05) is 11.1 Å². The molecule has 0 bridgehead atoms. The minimum Gasteiger partial charge on any atom is -0.379 e. The highest BCUT2D eigenvalue weighted by Gasteiger charge is 2.09. The molecule has 28 heavy (non-hydrogen) atoms. The molecule has 0 unspecified atom stereocenters. The summed E-state index contributed by atoms with van der Waals surface area (Å²) in [6.45, 7) is 4.45. The quantitative estimate of drug-likeness (QED) is 0.489. The number of hydrogen-bond acceptors (Lipinski definition) is 7. The fourth-order valence-electron chi connectivity index (χ4n) is 2.80. The number of nitrogens with zero attached hydrogens (tertiary/aromatic N) is 3. The van der Waals surface area contributed by atoms with Crippen LogP contribution in [-0.2, 0) is 6.54 Å². The highest BCUT2D eigenvalue weighted by atomic mass is 16.1. The molecule has 0 saturated heterocycles. The molecule has 0 saturated carbocycles. The molecule has 0 aliphatic rings. The summed E-state index contributed by atoms with van der Waals surface area (Å²) in [5, 5.41) is 6.17. The van der Waals surface area contributed by atoms with Gasteiger partial charge in [-0.2, -0.15) is 4.98 Å². The van der Waals surface area contributed by atoms with E-state index in [2.05, 4.69) is 37.5 Å². The minimum atomic E-state index is -0.426. The van der Waals surface area contributed by atoms with Crippen LogP contribution in [0.3, 0.4) is 0 Å². The molecule has 1 amide bonds. The van der Waals surface area contributed by atoms with Gasteiger partial charge in [0.25, 0.3) is 11.5 Å². The zero-order chi connectivity index (χ0) is 20.1. The summed E-state index contributed by atoms with van der Waals surface area (Å²) in [4.78, 5) is 38.9. The van der Waals surface area contributed by atoms with Crippen LogP contribution in [0, 0.1) is 0 Å². The smallest absolute Gasteiger partial charge is 0.280 e. The average Bonchev–Trinajstić information content (AvgIpc) is 2.67. The average molecular weight is 381 g/mol. The zero-order valence-corrected chi connectivity index (χ0v) is 15.8. The lowest BCUT2D eigenvalue weighted by Crippen LogP contribution is -2.32. The van der Waals surface area contributed by atoms with Crippen LogP contribution in [-0.4, -0.2) is 31.9 Å². The van der Waals surface area contributed by atoms with E-state index >= 15 is 0 Å². The Hall–Kier alpha value is -3.49. The molecular weight excluding hydrogens is 358 g/mol. The van der Waals surface area contributed by atoms with Crippen LogP contribution in [0.5, 0.6) is 0 Å². The molecule has 9 heteroatoms. The van der Waals surface area contributed by atoms with Gasteiger partial charge in [0.1, 0.15) is 0 Å². The number of carbonyl (C=O) groups excluding carboxylic acids is 1. The lowest BCUT2D eigenvalue weighted by atomic mass is 10.1. The zero-order valence-electron chi connectivity index (χ0n) is 15.8. The summed E-state index contributed by atoms with van der Waals surface area (Å²) in [6, 6.07) is 7.32. The first-order chi connectivity index (χ1) is 13.5. The second kappa shape index (κ2) is 8.47. The van der Waals surface area contributed by atoms with Crippen molar-refractivity contribution < 1.29 is 4.79 Å². The Balaban J connectivity index is 1.64. The predicted octanol–water partition coefficient (Wildman–Crippen LogP) is 1.83. The molecule has 0 aliphatic carbocycles. The van der Waals surface area contributed by atoms with Crippen molar-refractivity contribution in [2.45, 2.75) is 39.3 Å². The number of rotatable bonds is 7. The maximum Gasteiger partial charge on any atom is 0.280 e. The van der Waals surface area contributed by atoms with Crippen molar-refractivity contribution in [1.82, 2.24) is 25.3 Å². The Kier molecular flexibility index (Phi) is 5.83. The van der Waals surface area contributed by atoms with Crippen molar-refractivity contribution in [1.29, 1.82) is 0 Å². The summed E-state index contributed by atoms with van der Waals surface area (Å²) in [7, 11) is 0. The number of carbonyl (C=O) groups is 1. The van der Waals surface area contributed by atoms with Gasteiger partial charge in [-0.25, -0.2) is 9.97 Å².